The third-order valence-corrected chi connectivity index (χ3v) is 3.66. The zero-order valence-corrected chi connectivity index (χ0v) is 12.1. The quantitative estimate of drug-likeness (QED) is 0.879. The second-order valence-corrected chi connectivity index (χ2v) is 5.87. The number of aliphatic hydroxyl groups excluding tert-OH is 1. The minimum absolute atomic E-state index is 0.101. The average Bonchev–Trinajstić information content (AvgIpc) is 2.37. The topological polar surface area (TPSA) is 41.9 Å². The lowest BCUT2D eigenvalue weighted by Crippen LogP contribution is -2.51. The first-order valence-electron chi connectivity index (χ1n) is 6.61. The number of likely N-dealkylation sites (N-methyl/N-ethyl adjacent to an activating group) is 1. The largest absolute Gasteiger partial charge is 0.493 e. The summed E-state index contributed by atoms with van der Waals surface area (Å²) in [5, 5.41) is 9.42. The van der Waals surface area contributed by atoms with E-state index in [1.807, 2.05) is 32.0 Å². The van der Waals surface area contributed by atoms with Crippen LogP contribution in [0.25, 0.3) is 0 Å². The molecule has 4 nitrogen and oxygen atoms in total. The molecule has 0 spiro atoms. The van der Waals surface area contributed by atoms with E-state index in [9.17, 15) is 5.11 Å². The highest BCUT2D eigenvalue weighted by Gasteiger charge is 2.27. The average molecular weight is 265 g/mol. The van der Waals surface area contributed by atoms with Gasteiger partial charge in [-0.15, -0.1) is 0 Å². The minimum Gasteiger partial charge on any atom is -0.493 e. The zero-order valence-electron chi connectivity index (χ0n) is 12.1. The normalized spacial score (nSPS) is 17.1. The fraction of sp³-hybridized carbons (Fsp3) is 0.600. The Balaban J connectivity index is 2.17. The lowest BCUT2D eigenvalue weighted by atomic mass is 9.85. The van der Waals surface area contributed by atoms with Gasteiger partial charge >= 0.3 is 0 Å². The van der Waals surface area contributed by atoms with Crippen LogP contribution in [0.3, 0.4) is 0 Å². The Morgan fingerprint density at radius 3 is 2.53 bits per heavy atom. The van der Waals surface area contributed by atoms with Gasteiger partial charge in [-0.2, -0.15) is 0 Å². The van der Waals surface area contributed by atoms with Crippen LogP contribution < -0.4 is 9.47 Å². The molecule has 1 heterocycles. The van der Waals surface area contributed by atoms with Gasteiger partial charge in [0.15, 0.2) is 11.5 Å². The number of hydrogen-bond acceptors (Lipinski definition) is 4. The Labute approximate surface area is 114 Å². The number of ether oxygens (including phenoxy) is 2. The van der Waals surface area contributed by atoms with Crippen LogP contribution in [0.5, 0.6) is 11.5 Å². The van der Waals surface area contributed by atoms with Gasteiger partial charge in [0.1, 0.15) is 6.10 Å². The number of benzene rings is 1. The van der Waals surface area contributed by atoms with Crippen molar-refractivity contribution in [3.05, 3.63) is 23.8 Å². The number of nitrogens with zero attached hydrogens (tertiary/aromatic N) is 1. The van der Waals surface area contributed by atoms with E-state index < -0.39 is 0 Å². The SMILES string of the molecule is COc1cc(C(C)(C)CO)ccc1OC1CN(C)C1. The summed E-state index contributed by atoms with van der Waals surface area (Å²) in [6.07, 6.45) is 0.246. The monoisotopic (exact) mass is 265 g/mol. The van der Waals surface area contributed by atoms with E-state index in [4.69, 9.17) is 9.47 Å². The summed E-state index contributed by atoms with van der Waals surface area (Å²) >= 11 is 0. The molecule has 1 aliphatic rings. The van der Waals surface area contributed by atoms with Crippen molar-refractivity contribution >= 4 is 0 Å². The number of methoxy groups -OCH3 is 1. The van der Waals surface area contributed by atoms with Crippen LogP contribution >= 0.6 is 0 Å². The molecule has 1 saturated heterocycles. The van der Waals surface area contributed by atoms with Gasteiger partial charge in [0.25, 0.3) is 0 Å². The molecule has 0 amide bonds. The molecular formula is C15H23NO3. The molecule has 1 aromatic carbocycles. The number of likely N-dealkylation sites (tertiary alicyclic amines) is 1. The highest BCUT2D eigenvalue weighted by atomic mass is 16.5. The van der Waals surface area contributed by atoms with E-state index in [0.29, 0.717) is 0 Å². The smallest absolute Gasteiger partial charge is 0.161 e. The van der Waals surface area contributed by atoms with E-state index in [1.165, 1.54) is 0 Å². The molecule has 0 radical (unpaired) electrons. The van der Waals surface area contributed by atoms with Crippen molar-refractivity contribution in [2.45, 2.75) is 25.4 Å². The van der Waals surface area contributed by atoms with Crippen molar-refractivity contribution in [1.82, 2.24) is 4.90 Å². The molecule has 4 heteroatoms. The van der Waals surface area contributed by atoms with Gasteiger partial charge in [-0.25, -0.2) is 0 Å². The van der Waals surface area contributed by atoms with E-state index in [-0.39, 0.29) is 18.1 Å². The minimum atomic E-state index is -0.275. The number of hydrogen-bond donors (Lipinski definition) is 1. The maximum Gasteiger partial charge on any atom is 0.161 e. The number of rotatable bonds is 5. The van der Waals surface area contributed by atoms with E-state index in [2.05, 4.69) is 11.9 Å². The Morgan fingerprint density at radius 1 is 1.32 bits per heavy atom. The molecule has 0 bridgehead atoms. The van der Waals surface area contributed by atoms with Crippen LogP contribution in [0.2, 0.25) is 0 Å². The summed E-state index contributed by atoms with van der Waals surface area (Å²) in [7, 11) is 3.72. The molecule has 19 heavy (non-hydrogen) atoms. The standard InChI is InChI=1S/C15H23NO3/c1-15(2,10-17)11-5-6-13(14(7-11)18-4)19-12-8-16(3)9-12/h5-7,12,17H,8-10H2,1-4H3. The van der Waals surface area contributed by atoms with Gasteiger partial charge in [-0.05, 0) is 24.7 Å². The van der Waals surface area contributed by atoms with Crippen molar-refractivity contribution in [2.75, 3.05) is 33.9 Å². The highest BCUT2D eigenvalue weighted by Crippen LogP contribution is 2.34. The fourth-order valence-electron chi connectivity index (χ4n) is 2.17. The van der Waals surface area contributed by atoms with Gasteiger partial charge in [0.2, 0.25) is 0 Å². The third-order valence-electron chi connectivity index (χ3n) is 3.66. The third kappa shape index (κ3) is 3.01. The maximum atomic E-state index is 9.42. The van der Waals surface area contributed by atoms with E-state index >= 15 is 0 Å². The molecule has 0 atom stereocenters. The molecule has 1 aromatic rings. The highest BCUT2D eigenvalue weighted by molar-refractivity contribution is 5.45. The Kier molecular flexibility index (Phi) is 4.02. The molecule has 1 aliphatic heterocycles. The van der Waals surface area contributed by atoms with Gasteiger partial charge in [0, 0.05) is 18.5 Å². The van der Waals surface area contributed by atoms with Crippen molar-refractivity contribution in [3.63, 3.8) is 0 Å². The van der Waals surface area contributed by atoms with Crippen molar-refractivity contribution in [1.29, 1.82) is 0 Å². The van der Waals surface area contributed by atoms with Gasteiger partial charge in [-0.3, -0.25) is 4.90 Å². The number of aliphatic hydroxyl groups is 1. The first kappa shape index (κ1) is 14.2. The van der Waals surface area contributed by atoms with E-state index in [1.54, 1.807) is 7.11 Å². The van der Waals surface area contributed by atoms with Crippen LogP contribution in [0.4, 0.5) is 0 Å². The Morgan fingerprint density at radius 2 is 2.00 bits per heavy atom. The first-order chi connectivity index (χ1) is 8.96. The molecule has 1 fully saturated rings. The van der Waals surface area contributed by atoms with Crippen molar-refractivity contribution in [2.24, 2.45) is 0 Å². The van der Waals surface area contributed by atoms with Crippen LogP contribution in [-0.2, 0) is 5.41 Å². The predicted octanol–water partition coefficient (Wildman–Crippen LogP) is 1.66. The summed E-state index contributed by atoms with van der Waals surface area (Å²) < 4.78 is 11.3. The summed E-state index contributed by atoms with van der Waals surface area (Å²) in [4.78, 5) is 2.21. The van der Waals surface area contributed by atoms with Crippen molar-refractivity contribution < 1.29 is 14.6 Å². The van der Waals surface area contributed by atoms with Crippen LogP contribution in [0, 0.1) is 0 Å². The fourth-order valence-corrected chi connectivity index (χ4v) is 2.17. The second kappa shape index (κ2) is 5.39. The van der Waals surface area contributed by atoms with Gasteiger partial charge in [-0.1, -0.05) is 19.9 Å². The molecule has 1 N–H and O–H groups in total. The lowest BCUT2D eigenvalue weighted by Gasteiger charge is -2.36. The summed E-state index contributed by atoms with van der Waals surface area (Å²) in [6, 6.07) is 5.88. The maximum absolute atomic E-state index is 9.42. The molecular weight excluding hydrogens is 242 g/mol. The van der Waals surface area contributed by atoms with Crippen LogP contribution in [-0.4, -0.2) is 50.0 Å². The summed E-state index contributed by atoms with van der Waals surface area (Å²) in [6.45, 7) is 6.01. The summed E-state index contributed by atoms with van der Waals surface area (Å²) in [5.74, 6) is 1.51. The summed E-state index contributed by atoms with van der Waals surface area (Å²) in [5.41, 5.74) is 0.771. The Bertz CT molecular complexity index is 439. The predicted molar refractivity (Wildman–Crippen MR) is 75.0 cm³/mol. The second-order valence-electron chi connectivity index (χ2n) is 5.87. The molecule has 0 aliphatic carbocycles. The van der Waals surface area contributed by atoms with Gasteiger partial charge in [0.05, 0.1) is 13.7 Å². The molecule has 2 rings (SSSR count). The molecule has 0 unspecified atom stereocenters. The molecule has 106 valence electrons. The molecule has 0 saturated carbocycles. The van der Waals surface area contributed by atoms with E-state index in [0.717, 1.165) is 30.2 Å². The Hall–Kier alpha value is -1.26. The lowest BCUT2D eigenvalue weighted by molar-refractivity contribution is 0.0369. The van der Waals surface area contributed by atoms with Crippen LogP contribution in [0.15, 0.2) is 18.2 Å². The molecule has 0 aromatic heterocycles. The van der Waals surface area contributed by atoms with Gasteiger partial charge < -0.3 is 14.6 Å². The first-order valence-corrected chi connectivity index (χ1v) is 6.61. The van der Waals surface area contributed by atoms with Crippen LogP contribution in [0.1, 0.15) is 19.4 Å². The van der Waals surface area contributed by atoms with Crippen molar-refractivity contribution in [3.8, 4) is 11.5 Å². The zero-order chi connectivity index (χ0) is 14.0.